The number of para-hydroxylation sites is 2. The number of benzene rings is 1. The van der Waals surface area contributed by atoms with E-state index in [0.29, 0.717) is 11.4 Å². The molecule has 1 rings (SSSR count). The van der Waals surface area contributed by atoms with E-state index in [1.54, 1.807) is 45.0 Å². The van der Waals surface area contributed by atoms with E-state index in [1.165, 1.54) is 0 Å². The highest BCUT2D eigenvalue weighted by Gasteiger charge is 2.32. The van der Waals surface area contributed by atoms with Gasteiger partial charge < -0.3 is 21.5 Å². The fourth-order valence-corrected chi connectivity index (χ4v) is 1.55. The van der Waals surface area contributed by atoms with Crippen molar-refractivity contribution in [2.24, 2.45) is 5.41 Å². The van der Waals surface area contributed by atoms with Gasteiger partial charge in [0, 0.05) is 0 Å². The number of urea groups is 1. The van der Waals surface area contributed by atoms with Gasteiger partial charge >= 0.3 is 12.0 Å². The fourth-order valence-electron chi connectivity index (χ4n) is 1.55. The van der Waals surface area contributed by atoms with E-state index in [4.69, 9.17) is 10.8 Å². The standard InChI is InChI=1S/C13H19N3O3/c1-13(2,3)10(11(17)18)16-12(19)15-9-7-5-4-6-8(9)14/h4-7,10H,14H2,1-3H3,(H,17,18)(H2,15,16,19)/t10-/m1/s1. The Hall–Kier alpha value is -2.24. The van der Waals surface area contributed by atoms with Crippen molar-refractivity contribution < 1.29 is 14.7 Å². The minimum absolute atomic E-state index is 0.417. The normalized spacial score (nSPS) is 12.6. The molecule has 0 aliphatic rings. The predicted molar refractivity (Wildman–Crippen MR) is 73.9 cm³/mol. The van der Waals surface area contributed by atoms with Gasteiger partial charge in [-0.3, -0.25) is 0 Å². The minimum Gasteiger partial charge on any atom is -0.480 e. The minimum atomic E-state index is -1.08. The molecule has 6 heteroatoms. The third-order valence-electron chi connectivity index (χ3n) is 2.60. The third kappa shape index (κ3) is 4.17. The first-order valence-corrected chi connectivity index (χ1v) is 5.86. The van der Waals surface area contributed by atoms with Crippen LogP contribution < -0.4 is 16.4 Å². The maximum Gasteiger partial charge on any atom is 0.326 e. The average molecular weight is 265 g/mol. The first-order valence-electron chi connectivity index (χ1n) is 5.86. The van der Waals surface area contributed by atoms with Gasteiger partial charge in [0.1, 0.15) is 6.04 Å². The highest BCUT2D eigenvalue weighted by molar-refractivity contribution is 5.94. The monoisotopic (exact) mass is 265 g/mol. The summed E-state index contributed by atoms with van der Waals surface area (Å²) in [4.78, 5) is 22.9. The summed E-state index contributed by atoms with van der Waals surface area (Å²) in [5.74, 6) is -1.08. The fraction of sp³-hybridized carbons (Fsp3) is 0.385. The number of nitrogens with one attached hydrogen (secondary N) is 2. The molecule has 0 saturated heterocycles. The molecule has 0 bridgehead atoms. The molecule has 2 amide bonds. The quantitative estimate of drug-likeness (QED) is 0.626. The number of anilines is 2. The van der Waals surface area contributed by atoms with E-state index in [0.717, 1.165) is 0 Å². The number of aliphatic carboxylic acids is 1. The lowest BCUT2D eigenvalue weighted by molar-refractivity contribution is -0.141. The van der Waals surface area contributed by atoms with E-state index in [9.17, 15) is 9.59 Å². The zero-order valence-electron chi connectivity index (χ0n) is 11.2. The van der Waals surface area contributed by atoms with Crippen LogP contribution in [0, 0.1) is 5.41 Å². The lowest BCUT2D eigenvalue weighted by Crippen LogP contribution is -2.50. The number of nitrogen functional groups attached to an aromatic ring is 1. The number of hydrogen-bond acceptors (Lipinski definition) is 3. The number of carbonyl (C=O) groups excluding carboxylic acids is 1. The largest absolute Gasteiger partial charge is 0.480 e. The van der Waals surface area contributed by atoms with E-state index >= 15 is 0 Å². The Morgan fingerprint density at radius 1 is 1.26 bits per heavy atom. The van der Waals surface area contributed by atoms with E-state index in [1.807, 2.05) is 0 Å². The van der Waals surface area contributed by atoms with Crippen molar-refractivity contribution in [2.75, 3.05) is 11.1 Å². The number of carbonyl (C=O) groups is 2. The molecule has 0 saturated carbocycles. The summed E-state index contributed by atoms with van der Waals surface area (Å²) in [6, 6.07) is 5.17. The molecule has 0 spiro atoms. The van der Waals surface area contributed by atoms with Crippen LogP contribution in [0.4, 0.5) is 16.2 Å². The maximum absolute atomic E-state index is 11.8. The van der Waals surface area contributed by atoms with Crippen molar-refractivity contribution in [1.29, 1.82) is 0 Å². The second kappa shape index (κ2) is 5.60. The third-order valence-corrected chi connectivity index (χ3v) is 2.60. The van der Waals surface area contributed by atoms with Crippen molar-refractivity contribution >= 4 is 23.4 Å². The summed E-state index contributed by atoms with van der Waals surface area (Å²) >= 11 is 0. The second-order valence-electron chi connectivity index (χ2n) is 5.32. The Labute approximate surface area is 112 Å². The molecule has 0 unspecified atom stereocenters. The van der Waals surface area contributed by atoms with Crippen LogP contribution in [0.15, 0.2) is 24.3 Å². The van der Waals surface area contributed by atoms with Crippen LogP contribution in [0.5, 0.6) is 0 Å². The van der Waals surface area contributed by atoms with Gasteiger partial charge in [-0.1, -0.05) is 32.9 Å². The maximum atomic E-state index is 11.8. The lowest BCUT2D eigenvalue weighted by Gasteiger charge is -2.27. The molecule has 5 N–H and O–H groups in total. The molecule has 0 fully saturated rings. The van der Waals surface area contributed by atoms with Crippen molar-refractivity contribution in [2.45, 2.75) is 26.8 Å². The molecular weight excluding hydrogens is 246 g/mol. The summed E-state index contributed by atoms with van der Waals surface area (Å²) in [5, 5.41) is 14.1. The van der Waals surface area contributed by atoms with Crippen LogP contribution in [-0.4, -0.2) is 23.1 Å². The van der Waals surface area contributed by atoms with Gasteiger partial charge in [-0.15, -0.1) is 0 Å². The molecule has 1 atom stereocenters. The van der Waals surface area contributed by atoms with Crippen molar-refractivity contribution in [3.05, 3.63) is 24.3 Å². The van der Waals surface area contributed by atoms with E-state index in [-0.39, 0.29) is 0 Å². The van der Waals surface area contributed by atoms with Crippen LogP contribution in [-0.2, 0) is 4.79 Å². The number of hydrogen-bond donors (Lipinski definition) is 4. The van der Waals surface area contributed by atoms with Gasteiger partial charge in [0.2, 0.25) is 0 Å². The Morgan fingerprint density at radius 2 is 1.84 bits per heavy atom. The van der Waals surface area contributed by atoms with Crippen molar-refractivity contribution in [3.63, 3.8) is 0 Å². The zero-order valence-corrected chi connectivity index (χ0v) is 11.2. The molecular formula is C13H19N3O3. The summed E-state index contributed by atoms with van der Waals surface area (Å²) in [7, 11) is 0. The predicted octanol–water partition coefficient (Wildman–Crippen LogP) is 1.89. The van der Waals surface area contributed by atoms with Gasteiger partial charge in [-0.05, 0) is 17.5 Å². The van der Waals surface area contributed by atoms with Gasteiger partial charge in [0.25, 0.3) is 0 Å². The molecule has 0 aliphatic carbocycles. The van der Waals surface area contributed by atoms with Gasteiger partial charge in [0.15, 0.2) is 0 Å². The van der Waals surface area contributed by atoms with E-state index in [2.05, 4.69) is 10.6 Å². The molecule has 104 valence electrons. The highest BCUT2D eigenvalue weighted by atomic mass is 16.4. The van der Waals surface area contributed by atoms with Gasteiger partial charge in [-0.2, -0.15) is 0 Å². The number of carboxylic acids is 1. The SMILES string of the molecule is CC(C)(C)[C@H](NC(=O)Nc1ccccc1N)C(=O)O. The topological polar surface area (TPSA) is 104 Å². The van der Waals surface area contributed by atoms with Crippen molar-refractivity contribution in [3.8, 4) is 0 Å². The Balaban J connectivity index is 2.75. The number of rotatable bonds is 3. The summed E-state index contributed by atoms with van der Waals surface area (Å²) in [5.41, 5.74) is 5.95. The molecule has 19 heavy (non-hydrogen) atoms. The Bertz CT molecular complexity index is 480. The average Bonchev–Trinajstić information content (AvgIpc) is 2.27. The molecule has 0 heterocycles. The van der Waals surface area contributed by atoms with Crippen LogP contribution in [0.1, 0.15) is 20.8 Å². The number of carboxylic acid groups (broad SMARTS) is 1. The zero-order chi connectivity index (χ0) is 14.6. The van der Waals surface area contributed by atoms with E-state index < -0.39 is 23.5 Å². The van der Waals surface area contributed by atoms with Crippen LogP contribution in [0.2, 0.25) is 0 Å². The number of amides is 2. The van der Waals surface area contributed by atoms with Gasteiger partial charge in [-0.25, -0.2) is 9.59 Å². The molecule has 0 aliphatic heterocycles. The van der Waals surface area contributed by atoms with Crippen LogP contribution in [0.25, 0.3) is 0 Å². The lowest BCUT2D eigenvalue weighted by atomic mass is 9.87. The first-order chi connectivity index (χ1) is 8.71. The molecule has 0 aromatic heterocycles. The molecule has 1 aromatic rings. The van der Waals surface area contributed by atoms with Gasteiger partial charge in [0.05, 0.1) is 11.4 Å². The molecule has 0 radical (unpaired) electrons. The second-order valence-corrected chi connectivity index (χ2v) is 5.32. The molecule has 6 nitrogen and oxygen atoms in total. The van der Waals surface area contributed by atoms with Crippen LogP contribution in [0.3, 0.4) is 0 Å². The van der Waals surface area contributed by atoms with Crippen LogP contribution >= 0.6 is 0 Å². The van der Waals surface area contributed by atoms with Crippen molar-refractivity contribution in [1.82, 2.24) is 5.32 Å². The molecule has 1 aromatic carbocycles. The summed E-state index contributed by atoms with van der Waals surface area (Å²) in [6.07, 6.45) is 0. The smallest absolute Gasteiger partial charge is 0.326 e. The first kappa shape index (κ1) is 14.8. The summed E-state index contributed by atoms with van der Waals surface area (Å²) < 4.78 is 0. The summed E-state index contributed by atoms with van der Waals surface area (Å²) in [6.45, 7) is 5.22. The number of nitrogens with two attached hydrogens (primary N) is 1. The highest BCUT2D eigenvalue weighted by Crippen LogP contribution is 2.20. The Morgan fingerprint density at radius 3 is 2.32 bits per heavy atom. The Kier molecular flexibility index (Phi) is 4.37.